The molecule has 0 spiro atoms. The number of H-pyrrole nitrogens is 1. The van der Waals surface area contributed by atoms with Gasteiger partial charge in [0.2, 0.25) is 0 Å². The maximum absolute atomic E-state index is 12.8. The number of hydrogen-bond donors (Lipinski definition) is 2. The van der Waals surface area contributed by atoms with Gasteiger partial charge in [-0.05, 0) is 18.2 Å². The molecule has 0 bridgehead atoms. The van der Waals surface area contributed by atoms with Gasteiger partial charge in [-0.1, -0.05) is 29.3 Å². The van der Waals surface area contributed by atoms with Gasteiger partial charge in [0, 0.05) is 6.20 Å². The fourth-order valence-electron chi connectivity index (χ4n) is 2.59. The lowest BCUT2D eigenvalue weighted by atomic mass is 10.2. The molecule has 3 aromatic heterocycles. The number of hydrogen-bond acceptors (Lipinski definition) is 7. The Kier molecular flexibility index (Phi) is 4.79. The fraction of sp³-hybridized carbons (Fsp3) is 0. The largest absolute Gasteiger partial charge is 0.334 e. The molecular formula is C17H9Cl2N7O3. The van der Waals surface area contributed by atoms with E-state index in [4.69, 9.17) is 23.2 Å². The van der Waals surface area contributed by atoms with Crippen molar-refractivity contribution in [3.8, 4) is 5.69 Å². The molecule has 0 aliphatic heterocycles. The van der Waals surface area contributed by atoms with Crippen molar-refractivity contribution in [3.63, 3.8) is 0 Å². The Morgan fingerprint density at radius 2 is 1.97 bits per heavy atom. The SMILES string of the molecule is O=C(Nc1cccc(-n2c(=O)[nH]c3nc(Cl)cnc3c2=O)c1Cl)c1ccncn1. The standard InChI is InChI=1S/C17H9Cl2N7O3/c18-11-6-21-13-14(24-11)25-17(29)26(16(13)28)10-3-1-2-8(12(10)19)23-15(27)9-4-5-20-7-22-9/h1-7H,(H,23,27)(H,24,25,29). The molecular weight excluding hydrogens is 421 g/mol. The second-order valence-electron chi connectivity index (χ2n) is 5.65. The molecule has 12 heteroatoms. The minimum Gasteiger partial charge on any atom is -0.319 e. The molecule has 10 nitrogen and oxygen atoms in total. The van der Waals surface area contributed by atoms with Gasteiger partial charge in [-0.15, -0.1) is 0 Å². The van der Waals surface area contributed by atoms with E-state index in [9.17, 15) is 14.4 Å². The molecule has 2 N–H and O–H groups in total. The predicted molar refractivity (Wildman–Crippen MR) is 106 cm³/mol. The summed E-state index contributed by atoms with van der Waals surface area (Å²) in [6.45, 7) is 0. The minimum absolute atomic E-state index is 0.0243. The van der Waals surface area contributed by atoms with E-state index in [0.717, 1.165) is 4.57 Å². The number of anilines is 1. The summed E-state index contributed by atoms with van der Waals surface area (Å²) in [7, 11) is 0. The average Bonchev–Trinajstić information content (AvgIpc) is 2.71. The van der Waals surface area contributed by atoms with Crippen molar-refractivity contribution < 1.29 is 4.79 Å². The van der Waals surface area contributed by atoms with Gasteiger partial charge in [0.1, 0.15) is 17.2 Å². The molecule has 4 aromatic rings. The zero-order valence-electron chi connectivity index (χ0n) is 14.3. The van der Waals surface area contributed by atoms with Gasteiger partial charge in [0.15, 0.2) is 11.2 Å². The maximum atomic E-state index is 12.8. The molecule has 29 heavy (non-hydrogen) atoms. The van der Waals surface area contributed by atoms with Gasteiger partial charge in [0.05, 0.1) is 22.6 Å². The Hall–Kier alpha value is -3.63. The third-order valence-corrected chi connectivity index (χ3v) is 4.44. The van der Waals surface area contributed by atoms with Crippen LogP contribution in [0.4, 0.5) is 5.69 Å². The van der Waals surface area contributed by atoms with Crippen molar-refractivity contribution in [3.05, 3.63) is 79.7 Å². The summed E-state index contributed by atoms with van der Waals surface area (Å²) in [5.41, 5.74) is -1.32. The molecule has 144 valence electrons. The quantitative estimate of drug-likeness (QED) is 0.506. The van der Waals surface area contributed by atoms with E-state index >= 15 is 0 Å². The molecule has 0 aliphatic rings. The van der Waals surface area contributed by atoms with Crippen LogP contribution in [0.15, 0.2) is 52.6 Å². The van der Waals surface area contributed by atoms with Crippen LogP contribution in [0.3, 0.4) is 0 Å². The van der Waals surface area contributed by atoms with Crippen molar-refractivity contribution in [1.82, 2.24) is 29.5 Å². The lowest BCUT2D eigenvalue weighted by Crippen LogP contribution is -2.34. The van der Waals surface area contributed by atoms with Gasteiger partial charge in [0.25, 0.3) is 11.5 Å². The number of amides is 1. The minimum atomic E-state index is -0.791. The highest BCUT2D eigenvalue weighted by Gasteiger charge is 2.17. The number of aromatic nitrogens is 6. The number of benzene rings is 1. The number of fused-ring (bicyclic) bond motifs is 1. The molecule has 0 atom stereocenters. The Morgan fingerprint density at radius 1 is 1.14 bits per heavy atom. The number of carbonyl (C=O) groups is 1. The number of carbonyl (C=O) groups excluding carboxylic acids is 1. The molecule has 0 fully saturated rings. The molecule has 0 radical (unpaired) electrons. The van der Waals surface area contributed by atoms with Crippen molar-refractivity contribution in [1.29, 1.82) is 0 Å². The predicted octanol–water partition coefficient (Wildman–Crippen LogP) is 1.82. The fourth-order valence-corrected chi connectivity index (χ4v) is 2.98. The second-order valence-corrected chi connectivity index (χ2v) is 6.41. The van der Waals surface area contributed by atoms with Crippen LogP contribution in [0.1, 0.15) is 10.5 Å². The Labute approximate surface area is 171 Å². The number of halogens is 2. The summed E-state index contributed by atoms with van der Waals surface area (Å²) in [5.74, 6) is -0.535. The Balaban J connectivity index is 1.82. The van der Waals surface area contributed by atoms with Gasteiger partial charge in [-0.3, -0.25) is 14.6 Å². The van der Waals surface area contributed by atoms with Gasteiger partial charge < -0.3 is 5.32 Å². The summed E-state index contributed by atoms with van der Waals surface area (Å²) < 4.78 is 0.799. The first-order chi connectivity index (χ1) is 14.0. The molecule has 0 saturated carbocycles. The molecule has 0 aliphatic carbocycles. The van der Waals surface area contributed by atoms with Crippen LogP contribution in [-0.4, -0.2) is 35.4 Å². The van der Waals surface area contributed by atoms with E-state index in [1.54, 1.807) is 0 Å². The lowest BCUT2D eigenvalue weighted by molar-refractivity contribution is 0.102. The van der Waals surface area contributed by atoms with Crippen LogP contribution in [0.25, 0.3) is 16.9 Å². The summed E-state index contributed by atoms with van der Waals surface area (Å²) in [5, 5.41) is 2.59. The zero-order valence-corrected chi connectivity index (χ0v) is 15.8. The van der Waals surface area contributed by atoms with Gasteiger partial charge in [-0.2, -0.15) is 0 Å². The average molecular weight is 430 g/mol. The Bertz CT molecular complexity index is 1370. The highest BCUT2D eigenvalue weighted by molar-refractivity contribution is 6.35. The summed E-state index contributed by atoms with van der Waals surface area (Å²) in [6.07, 6.45) is 3.84. The van der Waals surface area contributed by atoms with E-state index in [1.165, 1.54) is 43.0 Å². The summed E-state index contributed by atoms with van der Waals surface area (Å²) in [4.78, 5) is 55.5. The number of rotatable bonds is 3. The van der Waals surface area contributed by atoms with Crippen LogP contribution in [-0.2, 0) is 0 Å². The third kappa shape index (κ3) is 3.46. The molecule has 4 rings (SSSR count). The van der Waals surface area contributed by atoms with Crippen LogP contribution in [0.2, 0.25) is 10.2 Å². The molecule has 0 unspecified atom stereocenters. The molecule has 1 amide bonds. The van der Waals surface area contributed by atoms with Crippen LogP contribution in [0.5, 0.6) is 0 Å². The van der Waals surface area contributed by atoms with Crippen LogP contribution < -0.4 is 16.6 Å². The lowest BCUT2D eigenvalue weighted by Gasteiger charge is -2.12. The Morgan fingerprint density at radius 3 is 2.72 bits per heavy atom. The normalized spacial score (nSPS) is 10.8. The van der Waals surface area contributed by atoms with Crippen molar-refractivity contribution in [2.75, 3.05) is 5.32 Å². The van der Waals surface area contributed by atoms with Crippen molar-refractivity contribution in [2.45, 2.75) is 0 Å². The highest BCUT2D eigenvalue weighted by atomic mass is 35.5. The topological polar surface area (TPSA) is 136 Å². The van der Waals surface area contributed by atoms with Crippen LogP contribution in [0, 0.1) is 0 Å². The highest BCUT2D eigenvalue weighted by Crippen LogP contribution is 2.28. The van der Waals surface area contributed by atoms with E-state index in [0.29, 0.717) is 0 Å². The van der Waals surface area contributed by atoms with E-state index in [-0.39, 0.29) is 38.4 Å². The first-order valence-corrected chi connectivity index (χ1v) is 8.75. The maximum Gasteiger partial charge on any atom is 0.334 e. The summed E-state index contributed by atoms with van der Waals surface area (Å²) >= 11 is 12.1. The number of nitrogens with one attached hydrogen (secondary N) is 2. The van der Waals surface area contributed by atoms with Crippen LogP contribution >= 0.6 is 23.2 Å². The second kappa shape index (κ2) is 7.41. The molecule has 3 heterocycles. The number of nitrogens with zero attached hydrogens (tertiary/aromatic N) is 5. The molecule has 0 saturated heterocycles. The van der Waals surface area contributed by atoms with Gasteiger partial charge >= 0.3 is 5.69 Å². The molecule has 1 aromatic carbocycles. The smallest absolute Gasteiger partial charge is 0.319 e. The monoisotopic (exact) mass is 429 g/mol. The van der Waals surface area contributed by atoms with E-state index < -0.39 is 17.2 Å². The first-order valence-electron chi connectivity index (χ1n) is 7.99. The van der Waals surface area contributed by atoms with E-state index in [2.05, 4.69) is 30.2 Å². The summed E-state index contributed by atoms with van der Waals surface area (Å²) in [6, 6.07) is 5.93. The third-order valence-electron chi connectivity index (χ3n) is 3.86. The first kappa shape index (κ1) is 18.7. The zero-order chi connectivity index (χ0) is 20.5. The number of aromatic amines is 1. The van der Waals surface area contributed by atoms with Crippen molar-refractivity contribution in [2.24, 2.45) is 0 Å². The van der Waals surface area contributed by atoms with Gasteiger partial charge in [-0.25, -0.2) is 29.3 Å². The van der Waals surface area contributed by atoms with Crippen molar-refractivity contribution >= 4 is 46.0 Å². The van der Waals surface area contributed by atoms with E-state index in [1.807, 2.05) is 0 Å².